The van der Waals surface area contributed by atoms with E-state index in [0.29, 0.717) is 12.2 Å². The van der Waals surface area contributed by atoms with Crippen molar-refractivity contribution in [3.8, 4) is 5.69 Å². The second-order valence-corrected chi connectivity index (χ2v) is 8.42. The summed E-state index contributed by atoms with van der Waals surface area (Å²) < 4.78 is 7.18. The molecule has 1 amide bonds. The van der Waals surface area contributed by atoms with E-state index in [0.717, 1.165) is 33.8 Å². The highest BCUT2D eigenvalue weighted by atomic mass is 16.5. The summed E-state index contributed by atoms with van der Waals surface area (Å²) in [5.41, 5.74) is 8.66. The van der Waals surface area contributed by atoms with Gasteiger partial charge in [-0.15, -0.1) is 0 Å². The molecule has 0 aliphatic rings. The number of ether oxygens (including phenoxy) is 1. The van der Waals surface area contributed by atoms with Crippen molar-refractivity contribution in [2.24, 2.45) is 5.10 Å². The number of aromatic nitrogens is 1. The molecule has 6 nitrogen and oxygen atoms in total. The van der Waals surface area contributed by atoms with Gasteiger partial charge < -0.3 is 9.30 Å². The molecule has 182 valence electrons. The van der Waals surface area contributed by atoms with Gasteiger partial charge in [-0.25, -0.2) is 10.2 Å². The molecule has 0 saturated heterocycles. The summed E-state index contributed by atoms with van der Waals surface area (Å²) in [7, 11) is 0. The van der Waals surface area contributed by atoms with E-state index in [2.05, 4.69) is 10.5 Å². The Labute approximate surface area is 211 Å². The predicted octanol–water partition coefficient (Wildman–Crippen LogP) is 5.55. The summed E-state index contributed by atoms with van der Waals surface area (Å²) in [5, 5.41) is 4.28. The second-order valence-electron chi connectivity index (χ2n) is 8.42. The maximum absolute atomic E-state index is 13.2. The maximum Gasteiger partial charge on any atom is 0.338 e. The SMILES string of the molecule is CCOC(=O)c1cccc(-n2c(C)cc(/C=N\NC(=O)C(c3ccccc3)c3ccccc3)c2C)c1. The molecule has 4 rings (SSSR count). The summed E-state index contributed by atoms with van der Waals surface area (Å²) in [6.45, 7) is 6.07. The fraction of sp³-hybridized carbons (Fsp3) is 0.167. The van der Waals surface area contributed by atoms with Crippen LogP contribution >= 0.6 is 0 Å². The largest absolute Gasteiger partial charge is 0.462 e. The molecule has 0 spiro atoms. The fourth-order valence-corrected chi connectivity index (χ4v) is 4.32. The van der Waals surface area contributed by atoms with Crippen molar-refractivity contribution in [2.45, 2.75) is 26.7 Å². The van der Waals surface area contributed by atoms with Gasteiger partial charge in [-0.05, 0) is 56.2 Å². The van der Waals surface area contributed by atoms with Gasteiger partial charge in [-0.3, -0.25) is 4.79 Å². The van der Waals surface area contributed by atoms with E-state index < -0.39 is 5.92 Å². The average Bonchev–Trinajstić information content (AvgIpc) is 3.18. The molecule has 0 saturated carbocycles. The zero-order chi connectivity index (χ0) is 25.5. The number of carbonyl (C=O) groups is 2. The van der Waals surface area contributed by atoms with Crippen molar-refractivity contribution in [1.82, 2.24) is 9.99 Å². The number of hydrazone groups is 1. The molecule has 0 bridgehead atoms. The number of amides is 1. The van der Waals surface area contributed by atoms with Gasteiger partial charge in [0.2, 0.25) is 0 Å². The molecule has 1 heterocycles. The molecule has 0 unspecified atom stereocenters. The molecule has 0 fully saturated rings. The van der Waals surface area contributed by atoms with Crippen LogP contribution in [0.15, 0.2) is 96.1 Å². The number of benzene rings is 3. The number of aryl methyl sites for hydroxylation is 1. The third-order valence-corrected chi connectivity index (χ3v) is 5.99. The van der Waals surface area contributed by atoms with Crippen LogP contribution in [-0.2, 0) is 9.53 Å². The molecular formula is C30H29N3O3. The minimum atomic E-state index is -0.470. The summed E-state index contributed by atoms with van der Waals surface area (Å²) in [6.07, 6.45) is 1.65. The van der Waals surface area contributed by atoms with Gasteiger partial charge in [0.05, 0.1) is 24.3 Å². The van der Waals surface area contributed by atoms with Crippen molar-refractivity contribution in [1.29, 1.82) is 0 Å². The zero-order valence-electron chi connectivity index (χ0n) is 20.6. The van der Waals surface area contributed by atoms with Crippen LogP contribution in [0.2, 0.25) is 0 Å². The average molecular weight is 480 g/mol. The van der Waals surface area contributed by atoms with Crippen molar-refractivity contribution >= 4 is 18.1 Å². The second kappa shape index (κ2) is 11.3. The van der Waals surface area contributed by atoms with Crippen LogP contribution in [0, 0.1) is 13.8 Å². The number of hydrogen-bond acceptors (Lipinski definition) is 4. The smallest absolute Gasteiger partial charge is 0.338 e. The van der Waals surface area contributed by atoms with Crippen LogP contribution in [0.3, 0.4) is 0 Å². The first-order valence-corrected chi connectivity index (χ1v) is 11.9. The first-order chi connectivity index (χ1) is 17.5. The molecule has 0 aliphatic carbocycles. The third-order valence-electron chi connectivity index (χ3n) is 5.99. The van der Waals surface area contributed by atoms with E-state index in [-0.39, 0.29) is 11.9 Å². The summed E-state index contributed by atoms with van der Waals surface area (Å²) in [4.78, 5) is 25.4. The Morgan fingerprint density at radius 2 is 1.56 bits per heavy atom. The lowest BCUT2D eigenvalue weighted by Crippen LogP contribution is -2.26. The van der Waals surface area contributed by atoms with Crippen molar-refractivity contribution < 1.29 is 14.3 Å². The van der Waals surface area contributed by atoms with E-state index in [4.69, 9.17) is 4.74 Å². The topological polar surface area (TPSA) is 72.7 Å². The molecule has 1 N–H and O–H groups in total. The predicted molar refractivity (Wildman–Crippen MR) is 142 cm³/mol. The van der Waals surface area contributed by atoms with Gasteiger partial charge in [-0.2, -0.15) is 5.10 Å². The minimum absolute atomic E-state index is 0.209. The minimum Gasteiger partial charge on any atom is -0.462 e. The van der Waals surface area contributed by atoms with Gasteiger partial charge in [0, 0.05) is 22.6 Å². The Hall–Kier alpha value is -4.45. The molecule has 0 aliphatic heterocycles. The Morgan fingerprint density at radius 1 is 0.917 bits per heavy atom. The van der Waals surface area contributed by atoms with E-state index in [1.54, 1.807) is 19.2 Å². The Balaban J connectivity index is 1.56. The molecule has 36 heavy (non-hydrogen) atoms. The Bertz CT molecular complexity index is 1340. The first kappa shape index (κ1) is 24.7. The van der Waals surface area contributed by atoms with Crippen LogP contribution in [0.25, 0.3) is 5.69 Å². The number of rotatable bonds is 8. The quantitative estimate of drug-likeness (QED) is 0.204. The van der Waals surface area contributed by atoms with Crippen molar-refractivity contribution in [2.75, 3.05) is 6.61 Å². The molecule has 4 aromatic rings. The van der Waals surface area contributed by atoms with E-state index >= 15 is 0 Å². The lowest BCUT2D eigenvalue weighted by Gasteiger charge is -2.16. The maximum atomic E-state index is 13.2. The van der Waals surface area contributed by atoms with E-state index in [1.807, 2.05) is 103 Å². The van der Waals surface area contributed by atoms with Crippen molar-refractivity contribution in [3.05, 3.63) is 125 Å². The Kier molecular flexibility index (Phi) is 7.75. The van der Waals surface area contributed by atoms with Crippen molar-refractivity contribution in [3.63, 3.8) is 0 Å². The van der Waals surface area contributed by atoms with Gasteiger partial charge in [0.25, 0.3) is 5.91 Å². The van der Waals surface area contributed by atoms with Gasteiger partial charge in [0.1, 0.15) is 0 Å². The van der Waals surface area contributed by atoms with Gasteiger partial charge >= 0.3 is 5.97 Å². The van der Waals surface area contributed by atoms with Crippen LogP contribution in [0.1, 0.15) is 51.3 Å². The van der Waals surface area contributed by atoms with Crippen LogP contribution < -0.4 is 5.43 Å². The van der Waals surface area contributed by atoms with Crippen LogP contribution in [-0.4, -0.2) is 29.3 Å². The monoisotopic (exact) mass is 479 g/mol. The fourth-order valence-electron chi connectivity index (χ4n) is 4.32. The highest BCUT2D eigenvalue weighted by molar-refractivity contribution is 5.90. The molecule has 6 heteroatoms. The normalized spacial score (nSPS) is 11.1. The van der Waals surface area contributed by atoms with Crippen LogP contribution in [0.4, 0.5) is 0 Å². The number of esters is 1. The Morgan fingerprint density at radius 3 is 2.17 bits per heavy atom. The standard InChI is InChI=1S/C30H29N3O3/c1-4-36-30(35)25-16-11-17-27(19-25)33-21(2)18-26(22(33)3)20-31-32-29(34)28(23-12-7-5-8-13-23)24-14-9-6-10-15-24/h5-20,28H,4H2,1-3H3,(H,32,34)/b31-20-. The highest BCUT2D eigenvalue weighted by Gasteiger charge is 2.22. The van der Waals surface area contributed by atoms with E-state index in [1.165, 1.54) is 0 Å². The lowest BCUT2D eigenvalue weighted by molar-refractivity contribution is -0.121. The zero-order valence-corrected chi connectivity index (χ0v) is 20.6. The van der Waals surface area contributed by atoms with E-state index in [9.17, 15) is 9.59 Å². The molecule has 0 atom stereocenters. The highest BCUT2D eigenvalue weighted by Crippen LogP contribution is 2.25. The summed E-state index contributed by atoms with van der Waals surface area (Å²) in [5.74, 6) is -1.03. The number of nitrogens with zero attached hydrogens (tertiary/aromatic N) is 2. The number of nitrogens with one attached hydrogen (secondary N) is 1. The van der Waals surface area contributed by atoms with Gasteiger partial charge in [-0.1, -0.05) is 66.7 Å². The molecule has 0 radical (unpaired) electrons. The number of carbonyl (C=O) groups excluding carboxylic acids is 2. The molecule has 1 aromatic heterocycles. The van der Waals surface area contributed by atoms with Gasteiger partial charge in [0.15, 0.2) is 0 Å². The number of hydrogen-bond donors (Lipinski definition) is 1. The summed E-state index contributed by atoms with van der Waals surface area (Å²) in [6, 6.07) is 28.7. The molecule has 3 aromatic carbocycles. The summed E-state index contributed by atoms with van der Waals surface area (Å²) >= 11 is 0. The molecular weight excluding hydrogens is 450 g/mol. The lowest BCUT2D eigenvalue weighted by atomic mass is 9.91. The van der Waals surface area contributed by atoms with Crippen LogP contribution in [0.5, 0.6) is 0 Å². The first-order valence-electron chi connectivity index (χ1n) is 11.9. The third kappa shape index (κ3) is 5.44.